The van der Waals surface area contributed by atoms with Crippen molar-refractivity contribution in [1.29, 1.82) is 0 Å². The van der Waals surface area contributed by atoms with Gasteiger partial charge in [-0.3, -0.25) is 0 Å². The van der Waals surface area contributed by atoms with Crippen LogP contribution < -0.4 is 0 Å². The summed E-state index contributed by atoms with van der Waals surface area (Å²) < 4.78 is 0. The molecule has 0 amide bonds. The molecule has 0 saturated carbocycles. The van der Waals surface area contributed by atoms with Crippen molar-refractivity contribution in [2.24, 2.45) is 0 Å². The second kappa shape index (κ2) is 3.55. The van der Waals surface area contributed by atoms with E-state index < -0.39 is 9.06 Å². The third kappa shape index (κ3) is 3.73. The highest BCUT2D eigenvalue weighted by Crippen LogP contribution is 2.47. The van der Waals surface area contributed by atoms with Crippen LogP contribution in [0.15, 0.2) is 30.3 Å². The van der Waals surface area contributed by atoms with Crippen LogP contribution in [0.3, 0.4) is 0 Å². The third-order valence-electron chi connectivity index (χ3n) is 1.36. The third-order valence-corrected chi connectivity index (χ3v) is 2.79. The van der Waals surface area contributed by atoms with Gasteiger partial charge in [-0.15, -0.1) is 11.7 Å². The first kappa shape index (κ1) is 9.01. The topological polar surface area (TPSA) is 0 Å². The molecule has 0 aliphatic rings. The van der Waals surface area contributed by atoms with Crippen LogP contribution in [-0.2, 0) is 5.75 Å². The molecule has 0 aromatic heterocycles. The van der Waals surface area contributed by atoms with Gasteiger partial charge in [0.05, 0.1) is 0 Å². The van der Waals surface area contributed by atoms with Gasteiger partial charge < -0.3 is 0 Å². The predicted octanol–water partition coefficient (Wildman–Crippen LogP) is 3.10. The second-order valence-corrected chi connectivity index (χ2v) is 9.32. The molecular weight excluding hydrogens is 172 g/mol. The molecule has 0 radical (unpaired) electrons. The van der Waals surface area contributed by atoms with Crippen LogP contribution in [0.25, 0.3) is 0 Å². The summed E-state index contributed by atoms with van der Waals surface area (Å²) in [5.74, 6) is 1.11. The zero-order chi connectivity index (χ0) is 8.32. The molecule has 1 rings (SSSR count). The van der Waals surface area contributed by atoms with Gasteiger partial charge in [-0.2, -0.15) is 9.06 Å². The fourth-order valence-electron chi connectivity index (χ4n) is 0.982. The summed E-state index contributed by atoms with van der Waals surface area (Å²) in [7, 11) is -0.683. The van der Waals surface area contributed by atoms with Crippen molar-refractivity contribution in [2.75, 3.05) is 12.5 Å². The normalized spacial score (nSPS) is 13.0. The van der Waals surface area contributed by atoms with Crippen molar-refractivity contribution in [1.82, 2.24) is 0 Å². The number of thiol groups is 1. The molecular formula is C9H14S2. The van der Waals surface area contributed by atoms with Gasteiger partial charge in [0, 0.05) is 5.75 Å². The first-order chi connectivity index (χ1) is 5.08. The van der Waals surface area contributed by atoms with E-state index in [1.54, 1.807) is 0 Å². The molecule has 0 heterocycles. The van der Waals surface area contributed by atoms with Gasteiger partial charge in [-0.05, 0) is 18.1 Å². The summed E-state index contributed by atoms with van der Waals surface area (Å²) in [6, 6.07) is 10.5. The minimum absolute atomic E-state index is 0.683. The molecule has 11 heavy (non-hydrogen) atoms. The Morgan fingerprint density at radius 3 is 2.18 bits per heavy atom. The van der Waals surface area contributed by atoms with Gasteiger partial charge >= 0.3 is 0 Å². The van der Waals surface area contributed by atoms with Gasteiger partial charge in [0.1, 0.15) is 0 Å². The van der Waals surface area contributed by atoms with Gasteiger partial charge in [0.2, 0.25) is 0 Å². The average Bonchev–Trinajstić information content (AvgIpc) is 1.85. The zero-order valence-corrected chi connectivity index (χ0v) is 8.66. The van der Waals surface area contributed by atoms with Crippen LogP contribution in [0.5, 0.6) is 0 Å². The second-order valence-electron chi connectivity index (χ2n) is 3.11. The van der Waals surface area contributed by atoms with E-state index in [1.165, 1.54) is 5.56 Å². The largest absolute Gasteiger partial charge is 0.197 e. The Kier molecular flexibility index (Phi) is 2.90. The smallest absolute Gasteiger partial charge is 0.0103 e. The van der Waals surface area contributed by atoms with E-state index in [-0.39, 0.29) is 0 Å². The predicted molar refractivity (Wildman–Crippen MR) is 58.6 cm³/mol. The molecule has 62 valence electrons. The SMILES string of the molecule is CS(C)(S)Cc1ccccc1. The molecule has 0 aliphatic carbocycles. The van der Waals surface area contributed by atoms with E-state index in [9.17, 15) is 0 Å². The molecule has 2 heteroatoms. The lowest BCUT2D eigenvalue weighted by atomic mass is 10.2. The van der Waals surface area contributed by atoms with Crippen molar-refractivity contribution in [3.63, 3.8) is 0 Å². The van der Waals surface area contributed by atoms with Crippen LogP contribution in [0.4, 0.5) is 0 Å². The summed E-state index contributed by atoms with van der Waals surface area (Å²) in [4.78, 5) is 0. The van der Waals surface area contributed by atoms with Crippen molar-refractivity contribution in [2.45, 2.75) is 5.75 Å². The summed E-state index contributed by atoms with van der Waals surface area (Å²) >= 11 is 4.55. The Morgan fingerprint density at radius 1 is 1.18 bits per heavy atom. The van der Waals surface area contributed by atoms with Crippen molar-refractivity contribution in [3.05, 3.63) is 35.9 Å². The maximum Gasteiger partial charge on any atom is 0.0103 e. The first-order valence-corrected chi connectivity index (χ1v) is 7.22. The minimum atomic E-state index is -0.683. The van der Waals surface area contributed by atoms with E-state index in [4.69, 9.17) is 0 Å². The first-order valence-electron chi connectivity index (χ1n) is 3.55. The molecule has 0 atom stereocenters. The van der Waals surface area contributed by atoms with E-state index in [0.717, 1.165) is 5.75 Å². The summed E-state index contributed by atoms with van der Waals surface area (Å²) in [6.07, 6.45) is 4.42. The molecule has 1 aromatic carbocycles. The van der Waals surface area contributed by atoms with Crippen molar-refractivity contribution in [3.8, 4) is 0 Å². The molecule has 0 unspecified atom stereocenters. The Labute approximate surface area is 75.1 Å². The van der Waals surface area contributed by atoms with Crippen LogP contribution >= 0.6 is 20.7 Å². The summed E-state index contributed by atoms with van der Waals surface area (Å²) in [5.41, 5.74) is 1.39. The van der Waals surface area contributed by atoms with E-state index in [2.05, 4.69) is 48.4 Å². The van der Waals surface area contributed by atoms with Gasteiger partial charge in [-0.25, -0.2) is 0 Å². The van der Waals surface area contributed by atoms with E-state index in [1.807, 2.05) is 6.07 Å². The molecule has 0 bridgehead atoms. The number of hydrogen-bond donors (Lipinski definition) is 1. The van der Waals surface area contributed by atoms with Crippen molar-refractivity contribution >= 4 is 20.7 Å². The molecule has 0 fully saturated rings. The molecule has 0 spiro atoms. The maximum atomic E-state index is 4.55. The van der Waals surface area contributed by atoms with Crippen LogP contribution in [-0.4, -0.2) is 12.5 Å². The summed E-state index contributed by atoms with van der Waals surface area (Å²) in [5, 5.41) is 0. The van der Waals surface area contributed by atoms with Gasteiger partial charge in [0.15, 0.2) is 0 Å². The molecule has 0 nitrogen and oxygen atoms in total. The van der Waals surface area contributed by atoms with Crippen LogP contribution in [0.2, 0.25) is 0 Å². The molecule has 0 saturated heterocycles. The molecule has 0 aliphatic heterocycles. The Balaban J connectivity index is 2.66. The number of rotatable bonds is 2. The molecule has 0 N–H and O–H groups in total. The number of benzene rings is 1. The van der Waals surface area contributed by atoms with E-state index >= 15 is 0 Å². The lowest BCUT2D eigenvalue weighted by molar-refractivity contribution is 1.41. The number of hydrogen-bond acceptors (Lipinski definition) is 1. The Morgan fingerprint density at radius 2 is 1.73 bits per heavy atom. The minimum Gasteiger partial charge on any atom is -0.197 e. The zero-order valence-electron chi connectivity index (χ0n) is 6.95. The Hall–Kier alpha value is -0.0800. The lowest BCUT2D eigenvalue weighted by Gasteiger charge is -2.23. The summed E-state index contributed by atoms with van der Waals surface area (Å²) in [6.45, 7) is 0. The highest BCUT2D eigenvalue weighted by atomic mass is 33.1. The van der Waals surface area contributed by atoms with E-state index in [0.29, 0.717) is 0 Å². The van der Waals surface area contributed by atoms with Gasteiger partial charge in [-0.1, -0.05) is 30.3 Å². The monoisotopic (exact) mass is 186 g/mol. The average molecular weight is 186 g/mol. The molecule has 1 aromatic rings. The fraction of sp³-hybridized carbons (Fsp3) is 0.333. The van der Waals surface area contributed by atoms with Crippen LogP contribution in [0, 0.1) is 0 Å². The standard InChI is InChI=1S/C9H14S2/c1-11(2,10)8-9-6-4-3-5-7-9/h3-7,10H,8H2,1-2H3. The highest BCUT2D eigenvalue weighted by molar-refractivity contribution is 8.87. The van der Waals surface area contributed by atoms with Crippen molar-refractivity contribution < 1.29 is 0 Å². The highest BCUT2D eigenvalue weighted by Gasteiger charge is 2.04. The fourth-order valence-corrected chi connectivity index (χ4v) is 2.44. The van der Waals surface area contributed by atoms with Crippen LogP contribution in [0.1, 0.15) is 5.56 Å². The maximum absolute atomic E-state index is 4.55. The lowest BCUT2D eigenvalue weighted by Crippen LogP contribution is -1.90. The quantitative estimate of drug-likeness (QED) is 0.532. The Bertz CT molecular complexity index is 211. The van der Waals surface area contributed by atoms with Gasteiger partial charge in [0.25, 0.3) is 0 Å².